The molecular weight excluding hydrogens is 709 g/mol. The summed E-state index contributed by atoms with van der Waals surface area (Å²) in [6.07, 6.45) is 34.1. The first-order valence-electron chi connectivity index (χ1n) is 21.8. The zero-order valence-electron chi connectivity index (χ0n) is 35.5. The molecule has 290 valence electrons. The highest BCUT2D eigenvalue weighted by atomic mass is 28.3. The van der Waals surface area contributed by atoms with Crippen molar-refractivity contribution in [3.63, 3.8) is 0 Å². The molecule has 9 rings (SSSR count). The van der Waals surface area contributed by atoms with Crippen LogP contribution in [0.5, 0.6) is 0 Å². The molecule has 56 heavy (non-hydrogen) atoms. The van der Waals surface area contributed by atoms with Gasteiger partial charge in [0.15, 0.2) is 0 Å². The van der Waals surface area contributed by atoms with Crippen LogP contribution < -0.4 is 15.0 Å². The molecule has 7 aliphatic rings. The molecule has 7 aliphatic carbocycles. The van der Waals surface area contributed by atoms with Gasteiger partial charge in [-0.1, -0.05) is 166 Å². The Labute approximate surface area is 340 Å². The monoisotopic (exact) mass is 772 g/mol. The van der Waals surface area contributed by atoms with Gasteiger partial charge in [0.2, 0.25) is 0 Å². The van der Waals surface area contributed by atoms with E-state index in [4.69, 9.17) is 0 Å². The van der Waals surface area contributed by atoms with E-state index in [1.54, 1.807) is 16.3 Å². The maximum Gasteiger partial charge on any atom is 0.0775 e. The standard InChI is InChI=1S/C52H64N2Si2/c1-35-32-47(53(37-16-12-10-13-17-37)39-20-24-41(25-21-39)55(4,5)6)45-34-46-49-36(30-31-52(46,2)3)33-48(44-29-28-43(35)50(45)51(44)49)54(38-18-14-11-15-19-38)40-22-26-42(27-23-40)56(7,8)9/h10,12-14,16-20,22-29,32-34,36,39,43,45,47,49-50H,11,15,21,30-31H2,1-9H3. The normalized spacial score (nSPS) is 30.1. The molecule has 1 fully saturated rings. The number of rotatable bonds is 8. The minimum Gasteiger partial charge on any atom is -0.358 e. The van der Waals surface area contributed by atoms with E-state index in [1.807, 2.05) is 0 Å². The summed E-state index contributed by atoms with van der Waals surface area (Å²) in [6.45, 7) is 22.4. The van der Waals surface area contributed by atoms with Crippen LogP contribution in [0.1, 0.15) is 52.9 Å². The molecule has 0 radical (unpaired) electrons. The lowest BCUT2D eigenvalue weighted by Gasteiger charge is -2.58. The second-order valence-corrected chi connectivity index (χ2v) is 30.7. The molecule has 7 atom stereocenters. The third-order valence-electron chi connectivity index (χ3n) is 14.4. The second-order valence-electron chi connectivity index (χ2n) is 20.6. The molecule has 0 N–H and O–H groups in total. The molecule has 0 aliphatic heterocycles. The van der Waals surface area contributed by atoms with E-state index in [0.29, 0.717) is 35.6 Å². The van der Waals surface area contributed by atoms with E-state index in [1.165, 1.54) is 51.9 Å². The topological polar surface area (TPSA) is 6.48 Å². The summed E-state index contributed by atoms with van der Waals surface area (Å²) in [6, 6.07) is 21.7. The highest BCUT2D eigenvalue weighted by Gasteiger charge is 2.55. The first-order chi connectivity index (χ1) is 26.7. The van der Waals surface area contributed by atoms with Crippen molar-refractivity contribution in [2.75, 3.05) is 9.80 Å². The maximum atomic E-state index is 2.85. The van der Waals surface area contributed by atoms with Gasteiger partial charge in [0.25, 0.3) is 0 Å². The van der Waals surface area contributed by atoms with Crippen LogP contribution >= 0.6 is 0 Å². The molecule has 1 saturated carbocycles. The second kappa shape index (κ2) is 13.9. The molecule has 0 heterocycles. The van der Waals surface area contributed by atoms with E-state index in [0.717, 1.165) is 19.3 Å². The number of allylic oxidation sites excluding steroid dienone is 11. The Balaban J connectivity index is 1.21. The molecule has 0 saturated heterocycles. The largest absolute Gasteiger partial charge is 0.358 e. The molecule has 2 aromatic carbocycles. The average Bonchev–Trinajstić information content (AvgIpc) is 3.18. The molecule has 2 aromatic rings. The smallest absolute Gasteiger partial charge is 0.0775 e. The summed E-state index contributed by atoms with van der Waals surface area (Å²) in [5.41, 5.74) is 12.0. The van der Waals surface area contributed by atoms with Crippen molar-refractivity contribution >= 4 is 32.7 Å². The van der Waals surface area contributed by atoms with Crippen molar-refractivity contribution in [2.24, 2.45) is 35.0 Å². The van der Waals surface area contributed by atoms with Crippen LogP contribution in [0.15, 0.2) is 160 Å². The fourth-order valence-electron chi connectivity index (χ4n) is 11.4. The minimum atomic E-state index is -1.43. The van der Waals surface area contributed by atoms with Crippen LogP contribution in [0.2, 0.25) is 39.3 Å². The summed E-state index contributed by atoms with van der Waals surface area (Å²) in [5, 5.41) is 3.11. The summed E-state index contributed by atoms with van der Waals surface area (Å²) in [4.78, 5) is 5.47. The molecule has 4 heteroatoms. The van der Waals surface area contributed by atoms with E-state index in [9.17, 15) is 0 Å². The van der Waals surface area contributed by atoms with E-state index < -0.39 is 16.1 Å². The van der Waals surface area contributed by atoms with Crippen molar-refractivity contribution in [1.82, 2.24) is 0 Å². The van der Waals surface area contributed by atoms with Gasteiger partial charge in [-0.15, -0.1) is 0 Å². The number of anilines is 2. The first-order valence-corrected chi connectivity index (χ1v) is 28.8. The van der Waals surface area contributed by atoms with E-state index in [2.05, 4.69) is 191 Å². The molecular formula is C52H64N2Si2. The zero-order valence-corrected chi connectivity index (χ0v) is 37.5. The molecule has 0 amide bonds. The van der Waals surface area contributed by atoms with Gasteiger partial charge < -0.3 is 9.80 Å². The Kier molecular flexibility index (Phi) is 9.36. The summed E-state index contributed by atoms with van der Waals surface area (Å²) >= 11 is 0. The molecule has 7 unspecified atom stereocenters. The predicted molar refractivity (Wildman–Crippen MR) is 247 cm³/mol. The van der Waals surface area contributed by atoms with Crippen molar-refractivity contribution in [2.45, 2.75) is 104 Å². The number of nitrogens with zero attached hydrogens (tertiary/aromatic N) is 2. The predicted octanol–water partition coefficient (Wildman–Crippen LogP) is 12.8. The Morgan fingerprint density at radius 2 is 1.52 bits per heavy atom. The van der Waals surface area contributed by atoms with Crippen molar-refractivity contribution < 1.29 is 0 Å². The SMILES string of the molecule is CC1=CC(N(c2ccccc2)C2C=CC([Si](C)(C)C)=CC2)C2C=C3C4C5=C(C=CC1C52)C(N(C1=CCCC=C1)c1ccc([Si](C)(C)C)cc1)=CC4CCC3(C)C. The van der Waals surface area contributed by atoms with Gasteiger partial charge in [-0.05, 0) is 97.8 Å². The average molecular weight is 773 g/mol. The van der Waals surface area contributed by atoms with Crippen molar-refractivity contribution in [3.05, 3.63) is 160 Å². The number of benzene rings is 2. The Morgan fingerprint density at radius 1 is 0.750 bits per heavy atom. The van der Waals surface area contributed by atoms with Gasteiger partial charge in [-0.25, -0.2) is 0 Å². The lowest BCUT2D eigenvalue weighted by atomic mass is 9.49. The summed E-state index contributed by atoms with van der Waals surface area (Å²) < 4.78 is 0. The van der Waals surface area contributed by atoms with Gasteiger partial charge in [-0.2, -0.15) is 0 Å². The highest BCUT2D eigenvalue weighted by molar-refractivity contribution is 6.88. The molecule has 0 bridgehead atoms. The fraction of sp³-hybridized carbons (Fsp3) is 0.423. The number of para-hydroxylation sites is 1. The van der Waals surface area contributed by atoms with Gasteiger partial charge in [-0.3, -0.25) is 0 Å². The van der Waals surface area contributed by atoms with Crippen LogP contribution in [-0.2, 0) is 0 Å². The first kappa shape index (κ1) is 37.7. The zero-order chi connectivity index (χ0) is 39.1. The van der Waals surface area contributed by atoms with Gasteiger partial charge in [0, 0.05) is 40.5 Å². The van der Waals surface area contributed by atoms with Crippen molar-refractivity contribution in [1.29, 1.82) is 0 Å². The summed E-state index contributed by atoms with van der Waals surface area (Å²) in [5.74, 6) is 2.24. The van der Waals surface area contributed by atoms with Gasteiger partial charge in [0.1, 0.15) is 0 Å². The van der Waals surface area contributed by atoms with Crippen LogP contribution in [0.25, 0.3) is 0 Å². The minimum absolute atomic E-state index is 0.172. The van der Waals surface area contributed by atoms with Gasteiger partial charge >= 0.3 is 0 Å². The number of hydrogen-bond acceptors (Lipinski definition) is 2. The maximum absolute atomic E-state index is 2.85. The molecule has 0 spiro atoms. The van der Waals surface area contributed by atoms with Gasteiger partial charge in [0.05, 0.1) is 28.2 Å². The van der Waals surface area contributed by atoms with Crippen LogP contribution in [-0.4, -0.2) is 28.2 Å². The van der Waals surface area contributed by atoms with Crippen LogP contribution in [0, 0.1) is 35.0 Å². The number of hydrogen-bond donors (Lipinski definition) is 0. The quantitative estimate of drug-likeness (QED) is 0.195. The lowest BCUT2D eigenvalue weighted by molar-refractivity contribution is 0.190. The van der Waals surface area contributed by atoms with Crippen LogP contribution in [0.3, 0.4) is 0 Å². The molecule has 2 nitrogen and oxygen atoms in total. The highest BCUT2D eigenvalue weighted by Crippen LogP contribution is 2.63. The molecule has 0 aromatic heterocycles. The summed E-state index contributed by atoms with van der Waals surface area (Å²) in [7, 11) is -2.83. The Bertz CT molecular complexity index is 2170. The van der Waals surface area contributed by atoms with E-state index in [-0.39, 0.29) is 11.5 Å². The third-order valence-corrected chi connectivity index (χ3v) is 18.6. The van der Waals surface area contributed by atoms with E-state index >= 15 is 0 Å². The van der Waals surface area contributed by atoms with Crippen molar-refractivity contribution in [3.8, 4) is 0 Å². The lowest BCUT2D eigenvalue weighted by Crippen LogP contribution is -2.55. The Hall–Kier alpha value is -3.87. The Morgan fingerprint density at radius 3 is 2.18 bits per heavy atom. The van der Waals surface area contributed by atoms with Crippen LogP contribution in [0.4, 0.5) is 11.4 Å². The fourth-order valence-corrected chi connectivity index (χ4v) is 13.9. The third kappa shape index (κ3) is 6.44.